The standard InChI is InChI=1S/C17H15N3S/c1-10-6-14(9-20-8-11(2)18-17(10)20)13-4-5-15-16(7-13)21-12(3)19-15/h4-9H,1-3H3. The molecule has 4 rings (SSSR count). The van der Waals surface area contributed by atoms with Crippen LogP contribution in [0.2, 0.25) is 0 Å². The van der Waals surface area contributed by atoms with Crippen LogP contribution in [0.3, 0.4) is 0 Å². The third-order valence-electron chi connectivity index (χ3n) is 3.68. The molecule has 21 heavy (non-hydrogen) atoms. The Kier molecular flexibility index (Phi) is 2.62. The summed E-state index contributed by atoms with van der Waals surface area (Å²) in [7, 11) is 0. The van der Waals surface area contributed by atoms with E-state index in [1.165, 1.54) is 21.4 Å². The lowest BCUT2D eigenvalue weighted by Crippen LogP contribution is -1.89. The van der Waals surface area contributed by atoms with Gasteiger partial charge in [0.2, 0.25) is 0 Å². The second-order valence-corrected chi connectivity index (χ2v) is 6.68. The Morgan fingerprint density at radius 2 is 1.81 bits per heavy atom. The molecule has 0 radical (unpaired) electrons. The minimum absolute atomic E-state index is 1.03. The number of thiazole rings is 1. The fraction of sp³-hybridized carbons (Fsp3) is 0.176. The molecule has 3 nitrogen and oxygen atoms in total. The van der Waals surface area contributed by atoms with Gasteiger partial charge in [0.15, 0.2) is 0 Å². The van der Waals surface area contributed by atoms with Crippen LogP contribution >= 0.6 is 11.3 Å². The molecule has 0 saturated heterocycles. The number of aryl methyl sites for hydroxylation is 3. The van der Waals surface area contributed by atoms with Gasteiger partial charge < -0.3 is 4.40 Å². The molecule has 4 aromatic rings. The van der Waals surface area contributed by atoms with Gasteiger partial charge >= 0.3 is 0 Å². The Balaban J connectivity index is 1.94. The van der Waals surface area contributed by atoms with Crippen LogP contribution < -0.4 is 0 Å². The molecule has 0 aliphatic carbocycles. The average Bonchev–Trinajstić information content (AvgIpc) is 2.98. The Bertz CT molecular complexity index is 978. The van der Waals surface area contributed by atoms with Gasteiger partial charge in [-0.3, -0.25) is 0 Å². The molecule has 4 heteroatoms. The molecule has 1 aromatic carbocycles. The first-order valence-corrected chi connectivity index (χ1v) is 7.75. The van der Waals surface area contributed by atoms with E-state index in [-0.39, 0.29) is 0 Å². The van der Waals surface area contributed by atoms with Gasteiger partial charge in [0.05, 0.1) is 20.9 Å². The highest BCUT2D eigenvalue weighted by atomic mass is 32.1. The molecule has 0 aliphatic heterocycles. The molecule has 0 spiro atoms. The predicted molar refractivity (Wildman–Crippen MR) is 88.0 cm³/mol. The van der Waals surface area contributed by atoms with Crippen molar-refractivity contribution in [1.29, 1.82) is 0 Å². The molecular formula is C17H15N3S. The van der Waals surface area contributed by atoms with Crippen molar-refractivity contribution < 1.29 is 0 Å². The number of fused-ring (bicyclic) bond motifs is 2. The molecule has 0 saturated carbocycles. The zero-order chi connectivity index (χ0) is 14.6. The number of hydrogen-bond acceptors (Lipinski definition) is 3. The predicted octanol–water partition coefficient (Wildman–Crippen LogP) is 4.54. The third-order valence-corrected chi connectivity index (χ3v) is 4.62. The van der Waals surface area contributed by atoms with Crippen molar-refractivity contribution in [3.05, 3.63) is 52.9 Å². The average molecular weight is 293 g/mol. The maximum absolute atomic E-state index is 4.56. The second kappa shape index (κ2) is 4.40. The quantitative estimate of drug-likeness (QED) is 0.516. The summed E-state index contributed by atoms with van der Waals surface area (Å²) in [5, 5.41) is 1.11. The fourth-order valence-corrected chi connectivity index (χ4v) is 3.63. The van der Waals surface area contributed by atoms with Crippen LogP contribution in [0.5, 0.6) is 0 Å². The largest absolute Gasteiger partial charge is 0.306 e. The van der Waals surface area contributed by atoms with Gasteiger partial charge in [-0.2, -0.15) is 0 Å². The molecule has 104 valence electrons. The molecule has 0 aliphatic rings. The van der Waals surface area contributed by atoms with Crippen LogP contribution in [-0.2, 0) is 0 Å². The van der Waals surface area contributed by atoms with Gasteiger partial charge in [-0.15, -0.1) is 11.3 Å². The lowest BCUT2D eigenvalue weighted by atomic mass is 10.1. The van der Waals surface area contributed by atoms with E-state index >= 15 is 0 Å². The van der Waals surface area contributed by atoms with E-state index < -0.39 is 0 Å². The minimum atomic E-state index is 1.03. The first kappa shape index (κ1) is 12.5. The van der Waals surface area contributed by atoms with Crippen LogP contribution in [-0.4, -0.2) is 14.4 Å². The molecule has 0 unspecified atom stereocenters. The maximum atomic E-state index is 4.56. The van der Waals surface area contributed by atoms with Crippen molar-refractivity contribution >= 4 is 27.2 Å². The second-order valence-electron chi connectivity index (χ2n) is 5.44. The number of aromatic nitrogens is 3. The Hall–Kier alpha value is -2.20. The molecule has 3 aromatic heterocycles. The highest BCUT2D eigenvalue weighted by Crippen LogP contribution is 2.29. The summed E-state index contributed by atoms with van der Waals surface area (Å²) in [4.78, 5) is 9.08. The summed E-state index contributed by atoms with van der Waals surface area (Å²) >= 11 is 1.74. The number of rotatable bonds is 1. The topological polar surface area (TPSA) is 30.2 Å². The number of nitrogens with zero attached hydrogens (tertiary/aromatic N) is 3. The first-order valence-electron chi connectivity index (χ1n) is 6.94. The van der Waals surface area contributed by atoms with Crippen LogP contribution in [0.25, 0.3) is 27.0 Å². The Labute approximate surface area is 126 Å². The van der Waals surface area contributed by atoms with Crippen molar-refractivity contribution in [2.75, 3.05) is 0 Å². The highest BCUT2D eigenvalue weighted by molar-refractivity contribution is 7.18. The van der Waals surface area contributed by atoms with E-state index in [1.807, 2.05) is 6.92 Å². The van der Waals surface area contributed by atoms with Crippen LogP contribution in [0.1, 0.15) is 16.3 Å². The lowest BCUT2D eigenvalue weighted by Gasteiger charge is -2.05. The molecular weight excluding hydrogens is 278 g/mol. The number of imidazole rings is 1. The van der Waals surface area contributed by atoms with Crippen molar-refractivity contribution in [3.63, 3.8) is 0 Å². The van der Waals surface area contributed by atoms with E-state index in [0.717, 1.165) is 21.9 Å². The van der Waals surface area contributed by atoms with Crippen LogP contribution in [0.4, 0.5) is 0 Å². The van der Waals surface area contributed by atoms with E-state index in [9.17, 15) is 0 Å². The summed E-state index contributed by atoms with van der Waals surface area (Å²) in [6.07, 6.45) is 4.22. The fourth-order valence-electron chi connectivity index (χ4n) is 2.77. The van der Waals surface area contributed by atoms with Gasteiger partial charge in [0.25, 0.3) is 0 Å². The van der Waals surface area contributed by atoms with E-state index in [4.69, 9.17) is 0 Å². The number of pyridine rings is 1. The van der Waals surface area contributed by atoms with Crippen molar-refractivity contribution in [2.45, 2.75) is 20.8 Å². The molecule has 0 N–H and O–H groups in total. The van der Waals surface area contributed by atoms with E-state index in [0.29, 0.717) is 0 Å². The van der Waals surface area contributed by atoms with Gasteiger partial charge in [-0.1, -0.05) is 6.07 Å². The summed E-state index contributed by atoms with van der Waals surface area (Å²) < 4.78 is 3.35. The minimum Gasteiger partial charge on any atom is -0.306 e. The zero-order valence-corrected chi connectivity index (χ0v) is 13.0. The number of benzene rings is 1. The lowest BCUT2D eigenvalue weighted by molar-refractivity contribution is 1.16. The summed E-state index contributed by atoms with van der Waals surface area (Å²) in [6.45, 7) is 6.19. The normalized spacial score (nSPS) is 11.6. The molecule has 3 heterocycles. The zero-order valence-electron chi connectivity index (χ0n) is 12.2. The van der Waals surface area contributed by atoms with Crippen LogP contribution in [0.15, 0.2) is 36.7 Å². The Morgan fingerprint density at radius 3 is 2.67 bits per heavy atom. The first-order chi connectivity index (χ1) is 10.1. The third kappa shape index (κ3) is 2.03. The monoisotopic (exact) mass is 293 g/mol. The molecule has 0 atom stereocenters. The number of hydrogen-bond donors (Lipinski definition) is 0. The highest BCUT2D eigenvalue weighted by Gasteiger charge is 2.07. The molecule has 0 amide bonds. The van der Waals surface area contributed by atoms with Gasteiger partial charge in [0, 0.05) is 12.4 Å². The van der Waals surface area contributed by atoms with Crippen LogP contribution in [0, 0.1) is 20.8 Å². The van der Waals surface area contributed by atoms with Crippen molar-refractivity contribution in [2.24, 2.45) is 0 Å². The van der Waals surface area contributed by atoms with Gasteiger partial charge in [-0.05, 0) is 55.7 Å². The van der Waals surface area contributed by atoms with E-state index in [1.54, 1.807) is 11.3 Å². The summed E-state index contributed by atoms with van der Waals surface area (Å²) in [5.74, 6) is 0. The summed E-state index contributed by atoms with van der Waals surface area (Å²) in [6, 6.07) is 8.68. The summed E-state index contributed by atoms with van der Waals surface area (Å²) in [5.41, 5.74) is 6.79. The smallest absolute Gasteiger partial charge is 0.139 e. The Morgan fingerprint density at radius 1 is 0.952 bits per heavy atom. The SMILES string of the molecule is Cc1cn2cc(-c3ccc4nc(C)sc4c3)cc(C)c2n1. The van der Waals surface area contributed by atoms with Gasteiger partial charge in [0.1, 0.15) is 5.65 Å². The molecule has 0 bridgehead atoms. The maximum Gasteiger partial charge on any atom is 0.139 e. The van der Waals surface area contributed by atoms with Crippen molar-refractivity contribution in [3.8, 4) is 11.1 Å². The van der Waals surface area contributed by atoms with E-state index in [2.05, 4.69) is 64.9 Å². The van der Waals surface area contributed by atoms with Gasteiger partial charge in [-0.25, -0.2) is 9.97 Å². The molecule has 0 fully saturated rings. The van der Waals surface area contributed by atoms with Crippen molar-refractivity contribution in [1.82, 2.24) is 14.4 Å².